The van der Waals surface area contributed by atoms with E-state index in [1.165, 1.54) is 0 Å². The zero-order chi connectivity index (χ0) is 18.2. The molecular weight excluding hydrogens is 314 g/mol. The van der Waals surface area contributed by atoms with Crippen LogP contribution in [0.3, 0.4) is 0 Å². The number of nitrogens with zero attached hydrogens (tertiary/aromatic N) is 1. The van der Waals surface area contributed by atoms with Gasteiger partial charge >= 0.3 is 6.03 Å². The molecule has 2 N–H and O–H groups in total. The number of nitrogens with one attached hydrogen (secondary N) is 2. The zero-order valence-corrected chi connectivity index (χ0v) is 16.0. The van der Waals surface area contributed by atoms with Crippen molar-refractivity contribution in [1.29, 1.82) is 0 Å². The minimum Gasteiger partial charge on any atom is -0.493 e. The Morgan fingerprint density at radius 1 is 1.20 bits per heavy atom. The maximum Gasteiger partial charge on any atom is 0.315 e. The van der Waals surface area contributed by atoms with E-state index in [4.69, 9.17) is 4.74 Å². The van der Waals surface area contributed by atoms with E-state index >= 15 is 0 Å². The van der Waals surface area contributed by atoms with Gasteiger partial charge in [-0.25, -0.2) is 4.79 Å². The summed E-state index contributed by atoms with van der Waals surface area (Å²) < 4.78 is 5.84. The maximum absolute atomic E-state index is 12.2. The van der Waals surface area contributed by atoms with E-state index in [-0.39, 0.29) is 12.1 Å². The van der Waals surface area contributed by atoms with E-state index in [0.29, 0.717) is 25.1 Å². The van der Waals surface area contributed by atoms with Gasteiger partial charge in [-0.15, -0.1) is 0 Å². The third-order valence-electron chi connectivity index (χ3n) is 4.58. The van der Waals surface area contributed by atoms with Gasteiger partial charge in [0.1, 0.15) is 5.75 Å². The minimum atomic E-state index is -0.0957. The monoisotopic (exact) mass is 347 g/mol. The fraction of sp³-hybridized carbons (Fsp3) is 0.650. The maximum atomic E-state index is 12.2. The number of carbonyl (C=O) groups excluding carboxylic acids is 1. The second-order valence-electron chi connectivity index (χ2n) is 7.54. The molecule has 1 heterocycles. The molecule has 0 bridgehead atoms. The number of urea groups is 1. The van der Waals surface area contributed by atoms with Crippen LogP contribution in [0.15, 0.2) is 24.3 Å². The van der Waals surface area contributed by atoms with E-state index in [9.17, 15) is 4.79 Å². The van der Waals surface area contributed by atoms with Crippen LogP contribution in [0, 0.1) is 5.92 Å². The summed E-state index contributed by atoms with van der Waals surface area (Å²) in [6, 6.07) is 8.64. The quantitative estimate of drug-likeness (QED) is 0.795. The van der Waals surface area contributed by atoms with Gasteiger partial charge in [0.25, 0.3) is 0 Å². The summed E-state index contributed by atoms with van der Waals surface area (Å²) in [5.41, 5.74) is 1.01. The van der Waals surface area contributed by atoms with Gasteiger partial charge in [0.2, 0.25) is 0 Å². The molecule has 0 radical (unpaired) electrons. The average molecular weight is 348 g/mol. The van der Waals surface area contributed by atoms with Crippen molar-refractivity contribution in [3.8, 4) is 5.75 Å². The molecule has 0 spiro atoms. The molecule has 0 atom stereocenters. The Labute approximate surface area is 152 Å². The lowest BCUT2D eigenvalue weighted by atomic mass is 10.0. The van der Waals surface area contributed by atoms with Crippen molar-refractivity contribution in [2.24, 2.45) is 5.92 Å². The Bertz CT molecular complexity index is 537. The third-order valence-corrected chi connectivity index (χ3v) is 4.58. The van der Waals surface area contributed by atoms with E-state index in [2.05, 4.69) is 43.2 Å². The molecule has 2 amide bonds. The standard InChI is InChI=1S/C20H33N3O2/c1-15(2)14-25-19-8-6-5-7-17(19)13-21-20(24)22-18-9-11-23(12-10-18)16(3)4/h5-8,15-16,18H,9-14H2,1-4H3,(H2,21,22,24). The number of benzene rings is 1. The summed E-state index contributed by atoms with van der Waals surface area (Å²) >= 11 is 0. The minimum absolute atomic E-state index is 0.0957. The molecule has 0 aliphatic carbocycles. The topological polar surface area (TPSA) is 53.6 Å². The lowest BCUT2D eigenvalue weighted by Crippen LogP contribution is -2.49. The molecule has 5 nitrogen and oxygen atoms in total. The molecule has 5 heteroatoms. The Morgan fingerprint density at radius 3 is 2.52 bits per heavy atom. The normalized spacial score (nSPS) is 16.2. The highest BCUT2D eigenvalue weighted by molar-refractivity contribution is 5.74. The molecule has 0 unspecified atom stereocenters. The number of rotatable bonds is 7. The summed E-state index contributed by atoms with van der Waals surface area (Å²) in [4.78, 5) is 14.7. The first-order valence-electron chi connectivity index (χ1n) is 9.44. The first-order valence-corrected chi connectivity index (χ1v) is 9.44. The van der Waals surface area contributed by atoms with E-state index < -0.39 is 0 Å². The van der Waals surface area contributed by atoms with Crippen LogP contribution in [0.25, 0.3) is 0 Å². The molecule has 1 aromatic rings. The number of piperidine rings is 1. The van der Waals surface area contributed by atoms with Crippen molar-refractivity contribution in [2.45, 2.75) is 59.2 Å². The fourth-order valence-corrected chi connectivity index (χ4v) is 3.02. The molecule has 140 valence electrons. The van der Waals surface area contributed by atoms with Gasteiger partial charge < -0.3 is 20.3 Å². The van der Waals surface area contributed by atoms with Crippen LogP contribution < -0.4 is 15.4 Å². The SMILES string of the molecule is CC(C)COc1ccccc1CNC(=O)NC1CCN(C(C)C)CC1. The number of hydrogen-bond donors (Lipinski definition) is 2. The third kappa shape index (κ3) is 6.58. The Morgan fingerprint density at radius 2 is 1.88 bits per heavy atom. The van der Waals surface area contributed by atoms with Crippen molar-refractivity contribution in [2.75, 3.05) is 19.7 Å². The summed E-state index contributed by atoms with van der Waals surface area (Å²) in [6.07, 6.45) is 2.03. The summed E-state index contributed by atoms with van der Waals surface area (Å²) in [5, 5.41) is 6.07. The van der Waals surface area contributed by atoms with Crippen molar-refractivity contribution < 1.29 is 9.53 Å². The van der Waals surface area contributed by atoms with E-state index in [0.717, 1.165) is 37.2 Å². The zero-order valence-electron chi connectivity index (χ0n) is 16.0. The number of amides is 2. The number of para-hydroxylation sites is 1. The Kier molecular flexibility index (Phi) is 7.56. The highest BCUT2D eigenvalue weighted by atomic mass is 16.5. The van der Waals surface area contributed by atoms with Crippen LogP contribution in [0.5, 0.6) is 5.75 Å². The Balaban J connectivity index is 1.77. The molecule has 0 aromatic heterocycles. The average Bonchev–Trinajstić information content (AvgIpc) is 2.59. The van der Waals surface area contributed by atoms with Gasteiger partial charge in [-0.1, -0.05) is 32.0 Å². The number of ether oxygens (including phenoxy) is 1. The highest BCUT2D eigenvalue weighted by Gasteiger charge is 2.21. The van der Waals surface area contributed by atoms with Crippen molar-refractivity contribution in [1.82, 2.24) is 15.5 Å². The van der Waals surface area contributed by atoms with Crippen molar-refractivity contribution >= 4 is 6.03 Å². The Hall–Kier alpha value is -1.75. The van der Waals surface area contributed by atoms with Crippen molar-refractivity contribution in [3.63, 3.8) is 0 Å². The number of carbonyl (C=O) groups is 1. The largest absolute Gasteiger partial charge is 0.493 e. The van der Waals surface area contributed by atoms with E-state index in [1.54, 1.807) is 0 Å². The second kappa shape index (κ2) is 9.66. The molecule has 1 fully saturated rings. The van der Waals surface area contributed by atoms with Gasteiger partial charge in [-0.2, -0.15) is 0 Å². The summed E-state index contributed by atoms with van der Waals surface area (Å²) in [5.74, 6) is 1.32. The van der Waals surface area contributed by atoms with Crippen LogP contribution in [-0.2, 0) is 6.54 Å². The molecule has 1 saturated heterocycles. The van der Waals surface area contributed by atoms with Gasteiger partial charge in [-0.05, 0) is 38.7 Å². The van der Waals surface area contributed by atoms with Crippen LogP contribution in [-0.4, -0.2) is 42.7 Å². The lowest BCUT2D eigenvalue weighted by molar-refractivity contribution is 0.161. The molecule has 2 rings (SSSR count). The molecule has 25 heavy (non-hydrogen) atoms. The molecule has 1 aromatic carbocycles. The van der Waals surface area contributed by atoms with Gasteiger partial charge in [0.05, 0.1) is 6.61 Å². The predicted octanol–water partition coefficient (Wildman–Crippen LogP) is 3.39. The van der Waals surface area contributed by atoms with Gasteiger partial charge in [0.15, 0.2) is 0 Å². The number of hydrogen-bond acceptors (Lipinski definition) is 3. The number of likely N-dealkylation sites (tertiary alicyclic amines) is 1. The van der Waals surface area contributed by atoms with Gasteiger partial charge in [-0.3, -0.25) is 0 Å². The van der Waals surface area contributed by atoms with E-state index in [1.807, 2.05) is 24.3 Å². The second-order valence-corrected chi connectivity index (χ2v) is 7.54. The lowest BCUT2D eigenvalue weighted by Gasteiger charge is -2.34. The highest BCUT2D eigenvalue weighted by Crippen LogP contribution is 2.18. The molecular formula is C20H33N3O2. The van der Waals surface area contributed by atoms with Gasteiger partial charge in [0, 0.05) is 37.3 Å². The molecule has 1 aliphatic heterocycles. The van der Waals surface area contributed by atoms with Crippen LogP contribution in [0.1, 0.15) is 46.1 Å². The summed E-state index contributed by atoms with van der Waals surface area (Å²) in [6.45, 7) is 11.9. The summed E-state index contributed by atoms with van der Waals surface area (Å²) in [7, 11) is 0. The predicted molar refractivity (Wildman–Crippen MR) is 102 cm³/mol. The molecule has 0 saturated carbocycles. The first kappa shape index (κ1) is 19.6. The van der Waals surface area contributed by atoms with Crippen LogP contribution in [0.4, 0.5) is 4.79 Å². The van der Waals surface area contributed by atoms with Crippen LogP contribution >= 0.6 is 0 Å². The van der Waals surface area contributed by atoms with Crippen molar-refractivity contribution in [3.05, 3.63) is 29.8 Å². The smallest absolute Gasteiger partial charge is 0.315 e. The molecule has 1 aliphatic rings. The van der Waals surface area contributed by atoms with Crippen LogP contribution in [0.2, 0.25) is 0 Å². The first-order chi connectivity index (χ1) is 12.0. The fourth-order valence-electron chi connectivity index (χ4n) is 3.02.